The highest BCUT2D eigenvalue weighted by molar-refractivity contribution is 6.09. The Morgan fingerprint density at radius 3 is 1.25 bits per heavy atom. The first kappa shape index (κ1) is 24.7. The van der Waals surface area contributed by atoms with Crippen LogP contribution in [0.5, 0.6) is 11.5 Å². The van der Waals surface area contributed by atoms with Crippen molar-refractivity contribution >= 4 is 21.8 Å². The van der Waals surface area contributed by atoms with Gasteiger partial charge in [-0.05, 0) is 69.8 Å². The number of aromatic nitrogens is 1. The Bertz CT molecular complexity index is 2320. The SMILES string of the molecule is c1ccc2c(c1)Oc1ccccc1-c1cc(-n3c4ccccc4c4ccccc43)ccc1-c1ccccc1-c1ccccc1-2. The van der Waals surface area contributed by atoms with Gasteiger partial charge < -0.3 is 9.30 Å². The van der Waals surface area contributed by atoms with Crippen molar-refractivity contribution in [1.29, 1.82) is 0 Å². The fourth-order valence-corrected chi connectivity index (χ4v) is 6.91. The van der Waals surface area contributed by atoms with E-state index >= 15 is 0 Å². The maximum atomic E-state index is 6.85. The molecule has 0 atom stereocenters. The van der Waals surface area contributed by atoms with Crippen LogP contribution in [0.1, 0.15) is 0 Å². The van der Waals surface area contributed by atoms with Gasteiger partial charge in [0.25, 0.3) is 0 Å². The smallest absolute Gasteiger partial charge is 0.135 e. The van der Waals surface area contributed by atoms with Crippen LogP contribution < -0.4 is 4.74 Å². The van der Waals surface area contributed by atoms with Crippen molar-refractivity contribution < 1.29 is 4.74 Å². The first-order valence-electron chi connectivity index (χ1n) is 15.0. The molecular weight excluding hydrogens is 534 g/mol. The molecule has 0 aliphatic carbocycles. The van der Waals surface area contributed by atoms with Gasteiger partial charge in [-0.25, -0.2) is 0 Å². The zero-order chi connectivity index (χ0) is 29.0. The first-order valence-corrected chi connectivity index (χ1v) is 15.0. The van der Waals surface area contributed by atoms with Crippen molar-refractivity contribution in [2.24, 2.45) is 0 Å². The molecular formula is C42H27NO. The van der Waals surface area contributed by atoms with Crippen molar-refractivity contribution in [2.75, 3.05) is 0 Å². The number of rotatable bonds is 1. The van der Waals surface area contributed by atoms with Gasteiger partial charge in [0, 0.05) is 27.6 Å². The van der Waals surface area contributed by atoms with Crippen LogP contribution >= 0.6 is 0 Å². The third-order valence-corrected chi connectivity index (χ3v) is 8.85. The minimum atomic E-state index is 0.831. The average Bonchev–Trinajstić information content (AvgIpc) is 3.42. The second-order valence-corrected chi connectivity index (χ2v) is 11.3. The molecule has 8 aromatic rings. The maximum absolute atomic E-state index is 6.85. The fraction of sp³-hybridized carbons (Fsp3) is 0. The lowest BCUT2D eigenvalue weighted by atomic mass is 9.86. The molecule has 0 spiro atoms. The lowest BCUT2D eigenvalue weighted by molar-refractivity contribution is 0.486. The van der Waals surface area contributed by atoms with Crippen LogP contribution in [0.2, 0.25) is 0 Å². The van der Waals surface area contributed by atoms with Gasteiger partial charge in [0.15, 0.2) is 0 Å². The monoisotopic (exact) mass is 561 g/mol. The number of benzene rings is 7. The van der Waals surface area contributed by atoms with E-state index in [1.165, 1.54) is 44.1 Å². The number of fused-ring (bicyclic) bond motifs is 12. The third kappa shape index (κ3) is 3.75. The van der Waals surface area contributed by atoms with Crippen LogP contribution in [-0.2, 0) is 0 Å². The largest absolute Gasteiger partial charge is 0.456 e. The summed E-state index contributed by atoms with van der Waals surface area (Å²) < 4.78 is 9.24. The quantitative estimate of drug-likeness (QED) is 0.194. The molecule has 0 bridgehead atoms. The van der Waals surface area contributed by atoms with Gasteiger partial charge >= 0.3 is 0 Å². The van der Waals surface area contributed by atoms with Crippen molar-refractivity contribution in [3.63, 3.8) is 0 Å². The highest BCUT2D eigenvalue weighted by Gasteiger charge is 2.22. The summed E-state index contributed by atoms with van der Waals surface area (Å²) in [5.41, 5.74) is 12.7. The summed E-state index contributed by atoms with van der Waals surface area (Å²) in [6.45, 7) is 0. The van der Waals surface area contributed by atoms with Crippen LogP contribution in [0.15, 0.2) is 164 Å². The van der Waals surface area contributed by atoms with Crippen LogP contribution in [0, 0.1) is 0 Å². The summed E-state index contributed by atoms with van der Waals surface area (Å²) >= 11 is 0. The molecule has 0 fully saturated rings. The van der Waals surface area contributed by atoms with Gasteiger partial charge in [-0.3, -0.25) is 0 Å². The molecule has 1 aliphatic rings. The minimum absolute atomic E-state index is 0.831. The zero-order valence-corrected chi connectivity index (χ0v) is 23.9. The lowest BCUT2D eigenvalue weighted by Crippen LogP contribution is -1.97. The Morgan fingerprint density at radius 2 is 0.705 bits per heavy atom. The summed E-state index contributed by atoms with van der Waals surface area (Å²) in [5.74, 6) is 1.67. The van der Waals surface area contributed by atoms with Gasteiger partial charge in [0.05, 0.1) is 11.0 Å². The predicted octanol–water partition coefficient (Wildman–Crippen LogP) is 11.6. The summed E-state index contributed by atoms with van der Waals surface area (Å²) in [6.07, 6.45) is 0. The number of hydrogen-bond acceptors (Lipinski definition) is 1. The normalized spacial score (nSPS) is 11.8. The van der Waals surface area contributed by atoms with Gasteiger partial charge in [-0.2, -0.15) is 0 Å². The summed E-state index contributed by atoms with van der Waals surface area (Å²) in [4.78, 5) is 0. The number of ether oxygens (including phenoxy) is 1. The Labute approximate surface area is 256 Å². The molecule has 44 heavy (non-hydrogen) atoms. The average molecular weight is 562 g/mol. The molecule has 1 aromatic heterocycles. The van der Waals surface area contributed by atoms with E-state index in [9.17, 15) is 0 Å². The molecule has 0 unspecified atom stereocenters. The third-order valence-electron chi connectivity index (χ3n) is 8.85. The van der Waals surface area contributed by atoms with E-state index < -0.39 is 0 Å². The Balaban J connectivity index is 1.40. The van der Waals surface area contributed by atoms with Gasteiger partial charge in [0.2, 0.25) is 0 Å². The molecule has 9 rings (SSSR count). The second kappa shape index (κ2) is 9.86. The lowest BCUT2D eigenvalue weighted by Gasteiger charge is -2.19. The van der Waals surface area contributed by atoms with Crippen LogP contribution in [-0.4, -0.2) is 4.57 Å². The molecule has 0 amide bonds. The molecule has 206 valence electrons. The number of nitrogens with zero attached hydrogens (tertiary/aromatic N) is 1. The van der Waals surface area contributed by atoms with Crippen LogP contribution in [0.4, 0.5) is 0 Å². The van der Waals surface area contributed by atoms with E-state index in [-0.39, 0.29) is 0 Å². The molecule has 2 heterocycles. The van der Waals surface area contributed by atoms with Crippen LogP contribution in [0.3, 0.4) is 0 Å². The van der Waals surface area contributed by atoms with Crippen molar-refractivity contribution in [2.45, 2.75) is 0 Å². The second-order valence-electron chi connectivity index (χ2n) is 11.3. The first-order chi connectivity index (χ1) is 21.8. The van der Waals surface area contributed by atoms with E-state index in [0.717, 1.165) is 39.4 Å². The maximum Gasteiger partial charge on any atom is 0.135 e. The highest BCUT2D eigenvalue weighted by atomic mass is 16.5. The predicted molar refractivity (Wildman–Crippen MR) is 183 cm³/mol. The van der Waals surface area contributed by atoms with Crippen molar-refractivity contribution in [1.82, 2.24) is 4.57 Å². The van der Waals surface area contributed by atoms with Crippen molar-refractivity contribution in [3.05, 3.63) is 164 Å². The molecule has 0 radical (unpaired) electrons. The molecule has 0 saturated carbocycles. The van der Waals surface area contributed by atoms with Gasteiger partial charge in [0.1, 0.15) is 11.5 Å². The molecule has 7 aromatic carbocycles. The molecule has 2 heteroatoms. The van der Waals surface area contributed by atoms with E-state index in [1.807, 2.05) is 6.07 Å². The van der Waals surface area contributed by atoms with E-state index in [0.29, 0.717) is 0 Å². The van der Waals surface area contributed by atoms with Gasteiger partial charge in [-0.15, -0.1) is 0 Å². The molecule has 0 saturated heterocycles. The van der Waals surface area contributed by atoms with Crippen molar-refractivity contribution in [3.8, 4) is 61.7 Å². The molecule has 1 aliphatic heterocycles. The van der Waals surface area contributed by atoms with E-state index in [4.69, 9.17) is 4.74 Å². The topological polar surface area (TPSA) is 14.2 Å². The van der Waals surface area contributed by atoms with Crippen LogP contribution in [0.25, 0.3) is 72.0 Å². The highest BCUT2D eigenvalue weighted by Crippen LogP contribution is 2.48. The number of para-hydroxylation sites is 4. The van der Waals surface area contributed by atoms with Gasteiger partial charge in [-0.1, -0.05) is 127 Å². The fourth-order valence-electron chi connectivity index (χ4n) is 6.91. The summed E-state index contributed by atoms with van der Waals surface area (Å²) in [6, 6.07) is 58.4. The Morgan fingerprint density at radius 1 is 0.318 bits per heavy atom. The number of hydrogen-bond donors (Lipinski definition) is 0. The molecule has 0 N–H and O–H groups in total. The Hall–Kier alpha value is -5.86. The zero-order valence-electron chi connectivity index (χ0n) is 23.9. The summed E-state index contributed by atoms with van der Waals surface area (Å²) in [7, 11) is 0. The minimum Gasteiger partial charge on any atom is -0.456 e. The van der Waals surface area contributed by atoms with E-state index in [2.05, 4.69) is 162 Å². The summed E-state index contributed by atoms with van der Waals surface area (Å²) in [5, 5.41) is 2.50. The van der Waals surface area contributed by atoms with E-state index in [1.54, 1.807) is 0 Å². The Kier molecular flexibility index (Phi) is 5.54. The standard InChI is InChI=1S/C42H27NO/c1-2-15-31-29(13-1)30-14-3-4-16-32(30)36-19-7-11-23-41(36)44-42-24-12-8-20-37(42)38-27-28(25-26-33(31)38)43-39-21-9-5-17-34(39)35-18-6-10-22-40(35)43/h1-27H. The molecule has 2 nitrogen and oxygen atoms in total.